The lowest BCUT2D eigenvalue weighted by atomic mass is 10.1. The highest BCUT2D eigenvalue weighted by molar-refractivity contribution is 9.10. The van der Waals surface area contributed by atoms with Crippen LogP contribution in [0.3, 0.4) is 0 Å². The molecule has 29 heavy (non-hydrogen) atoms. The van der Waals surface area contributed by atoms with E-state index >= 15 is 0 Å². The van der Waals surface area contributed by atoms with E-state index in [1.807, 2.05) is 0 Å². The van der Waals surface area contributed by atoms with Crippen LogP contribution in [0.25, 0.3) is 0 Å². The van der Waals surface area contributed by atoms with Crippen molar-refractivity contribution in [1.82, 2.24) is 10.7 Å². The number of hydrazone groups is 1. The van der Waals surface area contributed by atoms with Gasteiger partial charge in [0.2, 0.25) is 5.75 Å². The van der Waals surface area contributed by atoms with E-state index in [1.54, 1.807) is 24.3 Å². The zero-order valence-electron chi connectivity index (χ0n) is 15.5. The number of nitro benzene ring substituents is 1. The second-order valence-corrected chi connectivity index (χ2v) is 6.33. The molecule has 0 spiro atoms. The average Bonchev–Trinajstić information content (AvgIpc) is 2.71. The third-order valence-corrected chi connectivity index (χ3v) is 4.34. The van der Waals surface area contributed by atoms with Crippen LogP contribution in [-0.4, -0.2) is 43.7 Å². The van der Waals surface area contributed by atoms with E-state index in [9.17, 15) is 19.7 Å². The molecule has 0 fully saturated rings. The van der Waals surface area contributed by atoms with Gasteiger partial charge in [-0.3, -0.25) is 19.7 Å². The Labute approximate surface area is 174 Å². The minimum absolute atomic E-state index is 0.0304. The molecule has 2 amide bonds. The number of halogens is 1. The highest BCUT2D eigenvalue weighted by atomic mass is 79.9. The number of nitrogens with one attached hydrogen (secondary N) is 2. The maximum Gasteiger partial charge on any atom is 0.311 e. The van der Waals surface area contributed by atoms with Gasteiger partial charge in [-0.1, -0.05) is 12.1 Å². The van der Waals surface area contributed by atoms with Crippen LogP contribution in [0.2, 0.25) is 0 Å². The molecule has 0 unspecified atom stereocenters. The van der Waals surface area contributed by atoms with E-state index in [0.717, 1.165) is 0 Å². The molecule has 0 heterocycles. The van der Waals surface area contributed by atoms with Crippen molar-refractivity contribution in [2.24, 2.45) is 5.10 Å². The van der Waals surface area contributed by atoms with Crippen LogP contribution in [0.15, 0.2) is 46.0 Å². The molecular weight excluding hydrogens is 448 g/mol. The Morgan fingerprint density at radius 2 is 1.90 bits per heavy atom. The minimum atomic E-state index is -0.606. The van der Waals surface area contributed by atoms with Crippen molar-refractivity contribution in [2.75, 3.05) is 20.8 Å². The quantitative estimate of drug-likeness (QED) is 0.349. The molecule has 0 bridgehead atoms. The Kier molecular flexibility index (Phi) is 7.66. The van der Waals surface area contributed by atoms with Crippen molar-refractivity contribution in [3.8, 4) is 11.5 Å². The number of nitrogens with zero attached hydrogens (tertiary/aromatic N) is 2. The summed E-state index contributed by atoms with van der Waals surface area (Å²) in [6.45, 7) is -0.308. The second kappa shape index (κ2) is 10.2. The van der Waals surface area contributed by atoms with Gasteiger partial charge in [0.05, 0.1) is 37.5 Å². The van der Waals surface area contributed by atoms with Crippen LogP contribution in [0, 0.1) is 10.1 Å². The number of hydrogen-bond acceptors (Lipinski definition) is 7. The zero-order chi connectivity index (χ0) is 21.4. The molecular formula is C18H17BrN4O6. The summed E-state index contributed by atoms with van der Waals surface area (Å²) in [5.41, 5.74) is 2.60. The molecule has 0 aromatic heterocycles. The van der Waals surface area contributed by atoms with Crippen LogP contribution < -0.4 is 20.2 Å². The second-order valence-electron chi connectivity index (χ2n) is 5.48. The van der Waals surface area contributed by atoms with Gasteiger partial charge in [-0.15, -0.1) is 0 Å². The lowest BCUT2D eigenvalue weighted by Gasteiger charge is -2.08. The van der Waals surface area contributed by atoms with Gasteiger partial charge < -0.3 is 14.8 Å². The maximum atomic E-state index is 12.1. The largest absolute Gasteiger partial charge is 0.496 e. The topological polar surface area (TPSA) is 132 Å². The fraction of sp³-hybridized carbons (Fsp3) is 0.167. The average molecular weight is 465 g/mol. The fourth-order valence-corrected chi connectivity index (χ4v) is 2.73. The summed E-state index contributed by atoms with van der Waals surface area (Å²) in [5, 5.41) is 17.3. The summed E-state index contributed by atoms with van der Waals surface area (Å²) < 4.78 is 10.7. The lowest BCUT2D eigenvalue weighted by Crippen LogP contribution is -2.35. The summed E-state index contributed by atoms with van der Waals surface area (Å²) in [6, 6.07) is 9.34. The maximum absolute atomic E-state index is 12.1. The molecule has 2 aromatic rings. The number of methoxy groups -OCH3 is 2. The van der Waals surface area contributed by atoms with Gasteiger partial charge in [0.1, 0.15) is 5.75 Å². The first-order chi connectivity index (χ1) is 13.9. The number of carbonyl (C=O) groups is 2. The van der Waals surface area contributed by atoms with Gasteiger partial charge >= 0.3 is 5.69 Å². The Hall–Kier alpha value is -3.47. The monoisotopic (exact) mass is 464 g/mol. The van der Waals surface area contributed by atoms with Crippen LogP contribution in [0.4, 0.5) is 5.69 Å². The zero-order valence-corrected chi connectivity index (χ0v) is 17.1. The highest BCUT2D eigenvalue weighted by Gasteiger charge is 2.19. The predicted molar refractivity (Wildman–Crippen MR) is 108 cm³/mol. The molecule has 0 atom stereocenters. The van der Waals surface area contributed by atoms with Crippen molar-refractivity contribution in [3.05, 3.63) is 62.1 Å². The van der Waals surface area contributed by atoms with Gasteiger partial charge in [-0.2, -0.15) is 5.10 Å². The molecule has 0 aliphatic rings. The van der Waals surface area contributed by atoms with Crippen molar-refractivity contribution >= 4 is 39.6 Å². The molecule has 0 saturated heterocycles. The highest BCUT2D eigenvalue weighted by Crippen LogP contribution is 2.33. The van der Waals surface area contributed by atoms with Crippen LogP contribution in [0.1, 0.15) is 15.9 Å². The number of carbonyl (C=O) groups excluding carboxylic acids is 2. The third kappa shape index (κ3) is 5.75. The Morgan fingerprint density at radius 3 is 2.52 bits per heavy atom. The summed E-state index contributed by atoms with van der Waals surface area (Å²) >= 11 is 3.26. The SMILES string of the molecule is COc1cc(OC)c([N+](=O)[O-])cc1C=NNC(=O)CNC(=O)c1ccccc1Br. The molecule has 0 radical (unpaired) electrons. The number of hydrogen-bond donors (Lipinski definition) is 2. The minimum Gasteiger partial charge on any atom is -0.496 e. The predicted octanol–water partition coefficient (Wildman–Crippen LogP) is 2.25. The van der Waals surface area contributed by atoms with Crippen molar-refractivity contribution in [3.63, 3.8) is 0 Å². The standard InChI is InChI=1S/C18H17BrN4O6/c1-28-15-8-16(29-2)14(23(26)27)7-11(15)9-21-22-17(24)10-20-18(25)12-5-3-4-6-13(12)19/h3-9H,10H2,1-2H3,(H,20,25)(H,22,24). The van der Waals surface area contributed by atoms with Gasteiger partial charge in [0, 0.05) is 22.2 Å². The van der Waals surface area contributed by atoms with E-state index in [2.05, 4.69) is 31.8 Å². The van der Waals surface area contributed by atoms with E-state index in [1.165, 1.54) is 32.6 Å². The lowest BCUT2D eigenvalue weighted by molar-refractivity contribution is -0.385. The molecule has 0 aliphatic carbocycles. The molecule has 10 nitrogen and oxygen atoms in total. The molecule has 11 heteroatoms. The Balaban J connectivity index is 2.01. The van der Waals surface area contributed by atoms with E-state index in [4.69, 9.17) is 9.47 Å². The number of nitro groups is 1. The normalized spacial score (nSPS) is 10.4. The van der Waals surface area contributed by atoms with Gasteiger partial charge in [-0.25, -0.2) is 5.43 Å². The first-order valence-electron chi connectivity index (χ1n) is 8.12. The molecule has 2 rings (SSSR count). The van der Waals surface area contributed by atoms with Gasteiger partial charge in [-0.05, 0) is 28.1 Å². The van der Waals surface area contributed by atoms with Crippen LogP contribution in [0.5, 0.6) is 11.5 Å². The first kappa shape index (κ1) is 21.8. The van der Waals surface area contributed by atoms with Gasteiger partial charge in [0.25, 0.3) is 11.8 Å². The Morgan fingerprint density at radius 1 is 1.21 bits per heavy atom. The number of rotatable bonds is 8. The van der Waals surface area contributed by atoms with Crippen molar-refractivity contribution < 1.29 is 24.0 Å². The summed E-state index contributed by atoms with van der Waals surface area (Å²) in [5.74, 6) is -0.705. The van der Waals surface area contributed by atoms with Crippen molar-refractivity contribution in [2.45, 2.75) is 0 Å². The molecule has 0 aliphatic heterocycles. The van der Waals surface area contributed by atoms with Gasteiger partial charge in [0.15, 0.2) is 0 Å². The van der Waals surface area contributed by atoms with Crippen molar-refractivity contribution in [1.29, 1.82) is 0 Å². The van der Waals surface area contributed by atoms with E-state index in [-0.39, 0.29) is 29.3 Å². The Bertz CT molecular complexity index is 963. The van der Waals surface area contributed by atoms with Crippen LogP contribution >= 0.6 is 15.9 Å². The first-order valence-corrected chi connectivity index (χ1v) is 8.91. The van der Waals surface area contributed by atoms with Crippen LogP contribution in [-0.2, 0) is 4.79 Å². The molecule has 152 valence electrons. The number of amides is 2. The fourth-order valence-electron chi connectivity index (χ4n) is 2.26. The van der Waals surface area contributed by atoms with E-state index in [0.29, 0.717) is 10.0 Å². The number of benzene rings is 2. The smallest absolute Gasteiger partial charge is 0.311 e. The number of ether oxygens (including phenoxy) is 2. The molecule has 2 N–H and O–H groups in total. The molecule has 0 saturated carbocycles. The summed E-state index contributed by atoms with van der Waals surface area (Å²) in [7, 11) is 2.69. The summed E-state index contributed by atoms with van der Waals surface area (Å²) in [4.78, 5) is 34.5. The van der Waals surface area contributed by atoms with E-state index < -0.39 is 16.7 Å². The molecule has 2 aromatic carbocycles. The summed E-state index contributed by atoms with van der Waals surface area (Å²) in [6.07, 6.45) is 1.19. The third-order valence-electron chi connectivity index (χ3n) is 3.65.